The van der Waals surface area contributed by atoms with Gasteiger partial charge < -0.3 is 10.2 Å². The quantitative estimate of drug-likeness (QED) is 0.878. The normalized spacial score (nSPS) is 15.4. The summed E-state index contributed by atoms with van der Waals surface area (Å²) in [4.78, 5) is 13.8. The molecule has 1 heterocycles. The summed E-state index contributed by atoms with van der Waals surface area (Å²) in [6.07, 6.45) is 0.931. The molecular weight excluding hydrogens is 236 g/mol. The lowest BCUT2D eigenvalue weighted by Crippen LogP contribution is -2.51. The first-order valence-electron chi connectivity index (χ1n) is 7.12. The largest absolute Gasteiger partial charge is 0.345 e. The van der Waals surface area contributed by atoms with Crippen LogP contribution in [0.4, 0.5) is 0 Å². The predicted octanol–water partition coefficient (Wildman–Crippen LogP) is 2.03. The third-order valence-electron chi connectivity index (χ3n) is 3.89. The maximum Gasteiger partial charge on any atom is 0.228 e. The molecule has 1 aliphatic heterocycles. The molecule has 0 aromatic heterocycles. The van der Waals surface area contributed by atoms with E-state index in [-0.39, 0.29) is 11.8 Å². The number of nitrogens with zero attached hydrogens (tertiary/aromatic N) is 1. The first-order chi connectivity index (χ1) is 9.08. The average Bonchev–Trinajstić information content (AvgIpc) is 2.34. The van der Waals surface area contributed by atoms with Gasteiger partial charge in [0.15, 0.2) is 0 Å². The summed E-state index contributed by atoms with van der Waals surface area (Å²) in [7, 11) is 1.91. The van der Waals surface area contributed by atoms with Crippen LogP contribution < -0.4 is 5.32 Å². The van der Waals surface area contributed by atoms with Crippen molar-refractivity contribution in [1.29, 1.82) is 0 Å². The number of carbonyl (C=O) groups excluding carboxylic acids is 1. The number of carbonyl (C=O) groups is 1. The monoisotopic (exact) mass is 260 g/mol. The molecule has 3 nitrogen and oxygen atoms in total. The van der Waals surface area contributed by atoms with Crippen LogP contribution in [0, 0.1) is 5.92 Å². The maximum atomic E-state index is 12.0. The Morgan fingerprint density at radius 3 is 2.42 bits per heavy atom. The Morgan fingerprint density at radius 1 is 1.32 bits per heavy atom. The van der Waals surface area contributed by atoms with Crippen LogP contribution in [0.5, 0.6) is 0 Å². The van der Waals surface area contributed by atoms with Gasteiger partial charge in [0, 0.05) is 26.7 Å². The van der Waals surface area contributed by atoms with Gasteiger partial charge in [-0.3, -0.25) is 4.79 Å². The molecule has 0 aliphatic carbocycles. The van der Waals surface area contributed by atoms with Gasteiger partial charge in [-0.05, 0) is 23.5 Å². The van der Waals surface area contributed by atoms with E-state index in [1.165, 1.54) is 11.1 Å². The second-order valence-electron chi connectivity index (χ2n) is 5.76. The Kier molecular flexibility index (Phi) is 4.59. The Bertz CT molecular complexity index is 421. The SMILES string of the molecule is CC(C)c1ccc(CCN(C)C(=O)C2CNC2)cc1. The summed E-state index contributed by atoms with van der Waals surface area (Å²) in [6.45, 7) is 6.89. The fourth-order valence-corrected chi connectivity index (χ4v) is 2.25. The molecule has 0 atom stereocenters. The van der Waals surface area contributed by atoms with E-state index < -0.39 is 0 Å². The minimum absolute atomic E-state index is 0.202. The zero-order valence-electron chi connectivity index (χ0n) is 12.1. The molecule has 0 radical (unpaired) electrons. The van der Waals surface area contributed by atoms with E-state index in [0.717, 1.165) is 26.1 Å². The van der Waals surface area contributed by atoms with Gasteiger partial charge >= 0.3 is 0 Å². The zero-order valence-corrected chi connectivity index (χ0v) is 12.1. The van der Waals surface area contributed by atoms with Crippen LogP contribution in [-0.2, 0) is 11.2 Å². The van der Waals surface area contributed by atoms with Gasteiger partial charge in [0.05, 0.1) is 5.92 Å². The molecule has 104 valence electrons. The Morgan fingerprint density at radius 2 is 1.95 bits per heavy atom. The van der Waals surface area contributed by atoms with Gasteiger partial charge in [-0.25, -0.2) is 0 Å². The standard InChI is InChI=1S/C16H24N2O/c1-12(2)14-6-4-13(5-7-14)8-9-18(3)16(19)15-10-17-11-15/h4-7,12,15,17H,8-11H2,1-3H3. The first kappa shape index (κ1) is 14.1. The number of benzene rings is 1. The van der Waals surface area contributed by atoms with Gasteiger partial charge in [-0.2, -0.15) is 0 Å². The van der Waals surface area contributed by atoms with Gasteiger partial charge in [0.25, 0.3) is 0 Å². The van der Waals surface area contributed by atoms with Crippen LogP contribution in [0.1, 0.15) is 30.9 Å². The zero-order chi connectivity index (χ0) is 13.8. The molecule has 1 aliphatic rings. The second kappa shape index (κ2) is 6.20. The number of likely N-dealkylation sites (N-methyl/N-ethyl adjacent to an activating group) is 1. The highest BCUT2D eigenvalue weighted by atomic mass is 16.2. The summed E-state index contributed by atoms with van der Waals surface area (Å²) in [5.74, 6) is 1.05. The van der Waals surface area contributed by atoms with Crippen molar-refractivity contribution in [2.45, 2.75) is 26.2 Å². The summed E-state index contributed by atoms with van der Waals surface area (Å²) in [5, 5.41) is 3.14. The molecule has 1 N–H and O–H groups in total. The molecule has 0 spiro atoms. The molecule has 0 saturated carbocycles. The molecule has 1 fully saturated rings. The van der Waals surface area contributed by atoms with Crippen molar-refractivity contribution < 1.29 is 4.79 Å². The molecule has 19 heavy (non-hydrogen) atoms. The van der Waals surface area contributed by atoms with Crippen LogP contribution in [0.25, 0.3) is 0 Å². The van der Waals surface area contributed by atoms with Crippen molar-refractivity contribution in [2.75, 3.05) is 26.7 Å². The molecule has 2 rings (SSSR count). The van der Waals surface area contributed by atoms with Crippen molar-refractivity contribution in [2.24, 2.45) is 5.92 Å². The maximum absolute atomic E-state index is 12.0. The fraction of sp³-hybridized carbons (Fsp3) is 0.562. The highest BCUT2D eigenvalue weighted by Gasteiger charge is 2.27. The first-order valence-corrected chi connectivity index (χ1v) is 7.12. The number of hydrogen-bond acceptors (Lipinski definition) is 2. The lowest BCUT2D eigenvalue weighted by atomic mass is 10.00. The lowest BCUT2D eigenvalue weighted by molar-refractivity contribution is -0.135. The molecule has 0 bridgehead atoms. The highest BCUT2D eigenvalue weighted by Crippen LogP contribution is 2.15. The average molecular weight is 260 g/mol. The van der Waals surface area contributed by atoms with Crippen LogP contribution in [-0.4, -0.2) is 37.5 Å². The van der Waals surface area contributed by atoms with E-state index in [0.29, 0.717) is 5.92 Å². The molecule has 1 saturated heterocycles. The van der Waals surface area contributed by atoms with Crippen LogP contribution in [0.15, 0.2) is 24.3 Å². The van der Waals surface area contributed by atoms with E-state index in [2.05, 4.69) is 43.4 Å². The summed E-state index contributed by atoms with van der Waals surface area (Å²) in [6, 6.07) is 8.74. The third kappa shape index (κ3) is 3.57. The Labute approximate surface area is 116 Å². The van der Waals surface area contributed by atoms with Crippen LogP contribution >= 0.6 is 0 Å². The van der Waals surface area contributed by atoms with E-state index >= 15 is 0 Å². The number of nitrogens with one attached hydrogen (secondary N) is 1. The van der Waals surface area contributed by atoms with Crippen molar-refractivity contribution in [3.63, 3.8) is 0 Å². The van der Waals surface area contributed by atoms with Crippen molar-refractivity contribution in [3.8, 4) is 0 Å². The lowest BCUT2D eigenvalue weighted by Gasteiger charge is -2.30. The second-order valence-corrected chi connectivity index (χ2v) is 5.76. The van der Waals surface area contributed by atoms with Crippen LogP contribution in [0.3, 0.4) is 0 Å². The fourth-order valence-electron chi connectivity index (χ4n) is 2.25. The van der Waals surface area contributed by atoms with Crippen molar-refractivity contribution in [1.82, 2.24) is 10.2 Å². The van der Waals surface area contributed by atoms with E-state index in [1.54, 1.807) is 0 Å². The summed E-state index contributed by atoms with van der Waals surface area (Å²) in [5.41, 5.74) is 2.67. The third-order valence-corrected chi connectivity index (χ3v) is 3.89. The predicted molar refractivity (Wildman–Crippen MR) is 78.2 cm³/mol. The molecule has 1 amide bonds. The Balaban J connectivity index is 1.82. The van der Waals surface area contributed by atoms with E-state index in [4.69, 9.17) is 0 Å². The van der Waals surface area contributed by atoms with Gasteiger partial charge in [-0.1, -0.05) is 38.1 Å². The van der Waals surface area contributed by atoms with Crippen molar-refractivity contribution >= 4 is 5.91 Å². The van der Waals surface area contributed by atoms with E-state index in [9.17, 15) is 4.79 Å². The minimum atomic E-state index is 0.202. The molecule has 0 unspecified atom stereocenters. The van der Waals surface area contributed by atoms with Gasteiger partial charge in [0.1, 0.15) is 0 Å². The molecule has 3 heteroatoms. The summed E-state index contributed by atoms with van der Waals surface area (Å²) >= 11 is 0. The topological polar surface area (TPSA) is 32.3 Å². The molecule has 1 aromatic carbocycles. The van der Waals surface area contributed by atoms with Gasteiger partial charge in [0.2, 0.25) is 5.91 Å². The smallest absolute Gasteiger partial charge is 0.228 e. The Hall–Kier alpha value is -1.35. The summed E-state index contributed by atoms with van der Waals surface area (Å²) < 4.78 is 0. The molecule has 1 aromatic rings. The number of amides is 1. The number of hydrogen-bond donors (Lipinski definition) is 1. The van der Waals surface area contributed by atoms with Gasteiger partial charge in [-0.15, -0.1) is 0 Å². The van der Waals surface area contributed by atoms with E-state index in [1.807, 2.05) is 11.9 Å². The number of rotatable bonds is 5. The van der Waals surface area contributed by atoms with Crippen LogP contribution in [0.2, 0.25) is 0 Å². The minimum Gasteiger partial charge on any atom is -0.345 e. The molecular formula is C16H24N2O. The highest BCUT2D eigenvalue weighted by molar-refractivity contribution is 5.79. The van der Waals surface area contributed by atoms with Crippen molar-refractivity contribution in [3.05, 3.63) is 35.4 Å².